The lowest BCUT2D eigenvalue weighted by Gasteiger charge is -2.13. The molecule has 1 amide bonds. The fourth-order valence-electron chi connectivity index (χ4n) is 2.82. The average molecular weight is 360 g/mol. The summed E-state index contributed by atoms with van der Waals surface area (Å²) in [7, 11) is 0. The van der Waals surface area contributed by atoms with Gasteiger partial charge in [0.15, 0.2) is 5.69 Å². The summed E-state index contributed by atoms with van der Waals surface area (Å²) >= 11 is 1.28. The Hall–Kier alpha value is -2.41. The fraction of sp³-hybridized carbons (Fsp3) is 0.389. The molecule has 2 aromatic rings. The van der Waals surface area contributed by atoms with Crippen molar-refractivity contribution < 1.29 is 19.4 Å². The number of rotatable bonds is 7. The average Bonchev–Trinajstić information content (AvgIpc) is 3.27. The van der Waals surface area contributed by atoms with E-state index in [-0.39, 0.29) is 17.7 Å². The minimum absolute atomic E-state index is 0.0445. The highest BCUT2D eigenvalue weighted by Crippen LogP contribution is 2.24. The van der Waals surface area contributed by atoms with Crippen LogP contribution in [0.15, 0.2) is 29.6 Å². The predicted molar refractivity (Wildman–Crippen MR) is 94.4 cm³/mol. The minimum atomic E-state index is -1.04. The van der Waals surface area contributed by atoms with Gasteiger partial charge in [-0.1, -0.05) is 6.07 Å². The van der Waals surface area contributed by atoms with Gasteiger partial charge in [0.05, 0.1) is 11.1 Å². The maximum absolute atomic E-state index is 12.3. The summed E-state index contributed by atoms with van der Waals surface area (Å²) in [6.07, 6.45) is 5.30. The zero-order valence-electron chi connectivity index (χ0n) is 13.7. The molecular weight excluding hydrogens is 340 g/mol. The van der Waals surface area contributed by atoms with Crippen LogP contribution in [-0.2, 0) is 6.42 Å². The summed E-state index contributed by atoms with van der Waals surface area (Å²) in [5.41, 5.74) is 0.601. The van der Waals surface area contributed by atoms with E-state index >= 15 is 0 Å². The van der Waals surface area contributed by atoms with Crippen LogP contribution < -0.4 is 10.1 Å². The number of carbonyl (C=O) groups excluding carboxylic acids is 1. The van der Waals surface area contributed by atoms with Crippen molar-refractivity contribution in [3.8, 4) is 5.75 Å². The second kappa shape index (κ2) is 8.11. The van der Waals surface area contributed by atoms with E-state index < -0.39 is 5.97 Å². The van der Waals surface area contributed by atoms with Crippen molar-refractivity contribution in [2.75, 3.05) is 6.54 Å². The summed E-state index contributed by atoms with van der Waals surface area (Å²) in [6, 6.07) is 7.21. The molecule has 0 aliphatic heterocycles. The Balaban J connectivity index is 1.51. The van der Waals surface area contributed by atoms with Crippen LogP contribution >= 0.6 is 11.3 Å². The highest BCUT2D eigenvalue weighted by molar-refractivity contribution is 7.09. The monoisotopic (exact) mass is 360 g/mol. The second-order valence-corrected chi connectivity index (χ2v) is 6.93. The van der Waals surface area contributed by atoms with Crippen LogP contribution in [0.5, 0.6) is 5.75 Å². The van der Waals surface area contributed by atoms with Crippen molar-refractivity contribution in [1.82, 2.24) is 10.3 Å². The fourth-order valence-corrected chi connectivity index (χ4v) is 3.59. The number of carboxylic acids is 1. The summed E-state index contributed by atoms with van der Waals surface area (Å²) < 4.78 is 5.92. The van der Waals surface area contributed by atoms with Crippen LogP contribution in [0.1, 0.15) is 51.5 Å². The van der Waals surface area contributed by atoms with Gasteiger partial charge in [-0.3, -0.25) is 4.79 Å². The number of nitrogens with zero attached hydrogens (tertiary/aromatic N) is 1. The molecule has 2 N–H and O–H groups in total. The van der Waals surface area contributed by atoms with Crippen molar-refractivity contribution in [3.05, 3.63) is 45.9 Å². The molecule has 132 valence electrons. The minimum Gasteiger partial charge on any atom is -0.490 e. The molecule has 25 heavy (non-hydrogen) atoms. The lowest BCUT2D eigenvalue weighted by molar-refractivity contribution is 0.0690. The largest absolute Gasteiger partial charge is 0.490 e. The second-order valence-electron chi connectivity index (χ2n) is 5.99. The Morgan fingerprint density at radius 1 is 1.32 bits per heavy atom. The van der Waals surface area contributed by atoms with Crippen molar-refractivity contribution >= 4 is 23.2 Å². The van der Waals surface area contributed by atoms with Gasteiger partial charge in [0.25, 0.3) is 5.91 Å². The van der Waals surface area contributed by atoms with E-state index in [1.807, 2.05) is 12.1 Å². The van der Waals surface area contributed by atoms with Gasteiger partial charge in [-0.15, -0.1) is 11.3 Å². The number of nitrogens with one attached hydrogen (secondary N) is 1. The molecule has 6 nitrogen and oxygen atoms in total. The Labute approximate surface area is 149 Å². The van der Waals surface area contributed by atoms with Gasteiger partial charge < -0.3 is 15.2 Å². The van der Waals surface area contributed by atoms with Gasteiger partial charge >= 0.3 is 5.97 Å². The number of carboxylic acid groups (broad SMARTS) is 1. The van der Waals surface area contributed by atoms with E-state index in [0.717, 1.165) is 18.6 Å². The molecule has 0 spiro atoms. The van der Waals surface area contributed by atoms with Crippen LogP contribution in [0.3, 0.4) is 0 Å². The molecule has 0 atom stereocenters. The maximum atomic E-state index is 12.3. The molecule has 1 saturated carbocycles. The van der Waals surface area contributed by atoms with Crippen molar-refractivity contribution in [1.29, 1.82) is 0 Å². The molecule has 1 aromatic carbocycles. The Morgan fingerprint density at radius 2 is 2.12 bits per heavy atom. The number of amides is 1. The van der Waals surface area contributed by atoms with Gasteiger partial charge in [-0.25, -0.2) is 9.78 Å². The molecule has 7 heteroatoms. The summed E-state index contributed by atoms with van der Waals surface area (Å²) in [4.78, 5) is 27.1. The zero-order valence-corrected chi connectivity index (χ0v) is 14.6. The summed E-state index contributed by atoms with van der Waals surface area (Å²) in [5, 5.41) is 13.9. The SMILES string of the molecule is O=C(NCCc1nc(C(=O)O)cs1)c1cccc(OC2CCCC2)c1. The third-order valence-electron chi connectivity index (χ3n) is 4.10. The summed E-state index contributed by atoms with van der Waals surface area (Å²) in [6.45, 7) is 0.402. The standard InChI is InChI=1S/C18H20N2O4S/c21-17(19-9-8-16-20-15(11-25-16)18(22)23)12-4-3-7-14(10-12)24-13-5-1-2-6-13/h3-4,7,10-11,13H,1-2,5-6,8-9H2,(H,19,21)(H,22,23). The first-order valence-electron chi connectivity index (χ1n) is 8.34. The number of hydrogen-bond donors (Lipinski definition) is 2. The number of aromatic carboxylic acids is 1. The third kappa shape index (κ3) is 4.79. The number of hydrogen-bond acceptors (Lipinski definition) is 5. The van der Waals surface area contributed by atoms with E-state index in [2.05, 4.69) is 10.3 Å². The van der Waals surface area contributed by atoms with Crippen molar-refractivity contribution in [2.24, 2.45) is 0 Å². The van der Waals surface area contributed by atoms with Gasteiger partial charge in [0.1, 0.15) is 5.75 Å². The lowest BCUT2D eigenvalue weighted by atomic mass is 10.2. The number of aromatic nitrogens is 1. The van der Waals surface area contributed by atoms with Gasteiger partial charge in [-0.05, 0) is 43.9 Å². The van der Waals surface area contributed by atoms with Crippen LogP contribution in [0, 0.1) is 0 Å². The Bertz CT molecular complexity index is 753. The van der Waals surface area contributed by atoms with E-state index in [0.29, 0.717) is 23.5 Å². The quantitative estimate of drug-likeness (QED) is 0.792. The van der Waals surface area contributed by atoms with Crippen molar-refractivity contribution in [3.63, 3.8) is 0 Å². The summed E-state index contributed by atoms with van der Waals surface area (Å²) in [5.74, 6) is -0.483. The number of carbonyl (C=O) groups is 2. The van der Waals surface area contributed by atoms with Gasteiger partial charge in [0, 0.05) is 23.9 Å². The van der Waals surface area contributed by atoms with Gasteiger partial charge in [0.2, 0.25) is 0 Å². The Morgan fingerprint density at radius 3 is 2.84 bits per heavy atom. The van der Waals surface area contributed by atoms with E-state index in [1.54, 1.807) is 12.1 Å². The van der Waals surface area contributed by atoms with Crippen LogP contribution in [0.2, 0.25) is 0 Å². The van der Waals surface area contributed by atoms with Crippen molar-refractivity contribution in [2.45, 2.75) is 38.2 Å². The van der Waals surface area contributed by atoms with Crippen LogP contribution in [0.4, 0.5) is 0 Å². The molecule has 1 aromatic heterocycles. The molecule has 1 aliphatic rings. The number of ether oxygens (including phenoxy) is 1. The highest BCUT2D eigenvalue weighted by atomic mass is 32.1. The smallest absolute Gasteiger partial charge is 0.355 e. The number of benzene rings is 1. The van der Waals surface area contributed by atoms with E-state index in [4.69, 9.17) is 9.84 Å². The third-order valence-corrected chi connectivity index (χ3v) is 5.01. The first kappa shape index (κ1) is 17.4. The van der Waals surface area contributed by atoms with E-state index in [1.165, 1.54) is 29.6 Å². The molecule has 0 radical (unpaired) electrons. The lowest BCUT2D eigenvalue weighted by Crippen LogP contribution is -2.25. The van der Waals surface area contributed by atoms with Crippen LogP contribution in [-0.4, -0.2) is 34.6 Å². The molecule has 1 heterocycles. The molecule has 1 fully saturated rings. The molecule has 0 saturated heterocycles. The first-order chi connectivity index (χ1) is 12.1. The maximum Gasteiger partial charge on any atom is 0.355 e. The predicted octanol–water partition coefficient (Wildman–Crippen LogP) is 3.14. The molecule has 0 unspecified atom stereocenters. The zero-order chi connectivity index (χ0) is 17.6. The molecule has 0 bridgehead atoms. The molecule has 3 rings (SSSR count). The topological polar surface area (TPSA) is 88.5 Å². The Kier molecular flexibility index (Phi) is 5.65. The van der Waals surface area contributed by atoms with Gasteiger partial charge in [-0.2, -0.15) is 0 Å². The number of thiazole rings is 1. The van der Waals surface area contributed by atoms with E-state index in [9.17, 15) is 9.59 Å². The first-order valence-corrected chi connectivity index (χ1v) is 9.22. The normalized spacial score (nSPS) is 14.4. The molecule has 1 aliphatic carbocycles. The molecular formula is C18H20N2O4S. The highest BCUT2D eigenvalue weighted by Gasteiger charge is 2.17. The van der Waals surface area contributed by atoms with Crippen LogP contribution in [0.25, 0.3) is 0 Å².